The molecule has 0 unspecified atom stereocenters. The average molecular weight is 449 g/mol. The molecule has 1 amide bonds. The lowest BCUT2D eigenvalue weighted by atomic mass is 9.73. The molecule has 0 bridgehead atoms. The van der Waals surface area contributed by atoms with Crippen molar-refractivity contribution in [2.45, 2.75) is 44.2 Å². The average Bonchev–Trinajstić information content (AvgIpc) is 3.43. The van der Waals surface area contributed by atoms with Crippen LogP contribution in [0, 0.1) is 5.53 Å². The molecule has 1 saturated carbocycles. The van der Waals surface area contributed by atoms with E-state index in [1.807, 2.05) is 29.3 Å². The minimum absolute atomic E-state index is 0.0808. The number of nitrogens with one attached hydrogen (secondary N) is 3. The van der Waals surface area contributed by atoms with E-state index in [0.717, 1.165) is 48.1 Å². The molecule has 2 aliphatic rings. The molecule has 1 aliphatic heterocycles. The molecule has 5 rings (SSSR count). The second kappa shape index (κ2) is 8.02. The number of aromatic nitrogens is 3. The summed E-state index contributed by atoms with van der Waals surface area (Å²) in [6.45, 7) is 3.02. The van der Waals surface area contributed by atoms with Crippen LogP contribution >= 0.6 is 0 Å². The standard InChI is InChI=1S/C23H28N8O2/c1-23(30-9-4-5-19(30)32)12-15(13-23)26-22-27-21(33-3)20-16(8-10-31(20)29-22)14-6-7-17(28-24)18(11-14)25-2/h6-8,10-11,15,24-25H,4-5,9,12-13H2,1-3H3,(H,26,29). The van der Waals surface area contributed by atoms with E-state index < -0.39 is 0 Å². The Kier molecular flexibility index (Phi) is 5.15. The molecule has 2 aromatic heterocycles. The number of anilines is 2. The minimum Gasteiger partial charge on any atom is -0.479 e. The topological polar surface area (TPSA) is 120 Å². The SMILES string of the molecule is CNc1cc(-c2ccn3nc(NC4CC(C)(N5CCCC5=O)C4)nc(OC)c23)ccc1N=N. The fourth-order valence-electron chi connectivity index (χ4n) is 5.16. The van der Waals surface area contributed by atoms with Gasteiger partial charge in [-0.1, -0.05) is 6.07 Å². The number of amides is 1. The van der Waals surface area contributed by atoms with E-state index in [0.29, 0.717) is 23.9 Å². The summed E-state index contributed by atoms with van der Waals surface area (Å²) in [6, 6.07) is 7.86. The maximum Gasteiger partial charge on any atom is 0.244 e. The molecule has 0 atom stereocenters. The van der Waals surface area contributed by atoms with Crippen LogP contribution in [0.15, 0.2) is 35.6 Å². The molecule has 172 valence electrons. The van der Waals surface area contributed by atoms with Gasteiger partial charge in [-0.25, -0.2) is 10.0 Å². The summed E-state index contributed by atoms with van der Waals surface area (Å²) in [7, 11) is 3.40. The quantitative estimate of drug-likeness (QED) is 0.469. The number of hydrogen-bond donors (Lipinski definition) is 3. The second-order valence-corrected chi connectivity index (χ2v) is 8.96. The number of rotatable bonds is 7. The number of likely N-dealkylation sites (tertiary alicyclic amines) is 1. The van der Waals surface area contributed by atoms with Crippen molar-refractivity contribution >= 4 is 28.7 Å². The van der Waals surface area contributed by atoms with Crippen molar-refractivity contribution in [1.82, 2.24) is 19.5 Å². The molecule has 1 aromatic carbocycles. The molecular weight excluding hydrogens is 420 g/mol. The first-order valence-electron chi connectivity index (χ1n) is 11.2. The van der Waals surface area contributed by atoms with Crippen LogP contribution in [0.25, 0.3) is 16.6 Å². The van der Waals surface area contributed by atoms with Gasteiger partial charge in [0, 0.05) is 43.4 Å². The van der Waals surface area contributed by atoms with Crippen molar-refractivity contribution in [2.24, 2.45) is 5.11 Å². The Bertz CT molecular complexity index is 1230. The molecule has 3 heterocycles. The van der Waals surface area contributed by atoms with Gasteiger partial charge in [-0.15, -0.1) is 5.10 Å². The van der Waals surface area contributed by atoms with Gasteiger partial charge in [0.25, 0.3) is 0 Å². The van der Waals surface area contributed by atoms with Gasteiger partial charge in [0.05, 0.1) is 12.8 Å². The Morgan fingerprint density at radius 3 is 2.79 bits per heavy atom. The maximum absolute atomic E-state index is 12.1. The largest absolute Gasteiger partial charge is 0.479 e. The van der Waals surface area contributed by atoms with Crippen molar-refractivity contribution in [3.63, 3.8) is 0 Å². The number of methoxy groups -OCH3 is 1. The molecular formula is C23H28N8O2. The van der Waals surface area contributed by atoms with Crippen molar-refractivity contribution in [1.29, 1.82) is 5.53 Å². The smallest absolute Gasteiger partial charge is 0.244 e. The second-order valence-electron chi connectivity index (χ2n) is 8.96. The highest BCUT2D eigenvalue weighted by molar-refractivity contribution is 5.87. The van der Waals surface area contributed by atoms with Gasteiger partial charge in [0.2, 0.25) is 17.7 Å². The number of carbonyl (C=O) groups excluding carboxylic acids is 1. The Balaban J connectivity index is 1.40. The monoisotopic (exact) mass is 448 g/mol. The Morgan fingerprint density at radius 1 is 1.30 bits per heavy atom. The summed E-state index contributed by atoms with van der Waals surface area (Å²) in [5.41, 5.74) is 11.2. The van der Waals surface area contributed by atoms with Crippen LogP contribution in [-0.4, -0.2) is 57.7 Å². The van der Waals surface area contributed by atoms with E-state index in [2.05, 4.69) is 32.8 Å². The van der Waals surface area contributed by atoms with Crippen LogP contribution in [-0.2, 0) is 4.79 Å². The van der Waals surface area contributed by atoms with Crippen molar-refractivity contribution in [3.05, 3.63) is 30.5 Å². The predicted molar refractivity (Wildman–Crippen MR) is 125 cm³/mol. The first-order valence-corrected chi connectivity index (χ1v) is 11.2. The van der Waals surface area contributed by atoms with Crippen LogP contribution < -0.4 is 15.4 Å². The highest BCUT2D eigenvalue weighted by atomic mass is 16.5. The Hall–Kier alpha value is -3.69. The molecule has 10 heteroatoms. The molecule has 33 heavy (non-hydrogen) atoms. The first-order chi connectivity index (χ1) is 16.0. The summed E-state index contributed by atoms with van der Waals surface area (Å²) in [5.74, 6) is 1.24. The third kappa shape index (κ3) is 3.55. The van der Waals surface area contributed by atoms with E-state index in [1.165, 1.54) is 0 Å². The van der Waals surface area contributed by atoms with E-state index >= 15 is 0 Å². The lowest BCUT2D eigenvalue weighted by Gasteiger charge is -2.51. The lowest BCUT2D eigenvalue weighted by molar-refractivity contribution is -0.136. The molecule has 0 radical (unpaired) electrons. The third-order valence-electron chi connectivity index (χ3n) is 6.80. The highest BCUT2D eigenvalue weighted by Crippen LogP contribution is 2.41. The lowest BCUT2D eigenvalue weighted by Crippen LogP contribution is -2.59. The highest BCUT2D eigenvalue weighted by Gasteiger charge is 2.48. The molecule has 3 aromatic rings. The van der Waals surface area contributed by atoms with Gasteiger partial charge in [0.15, 0.2) is 0 Å². The molecule has 3 N–H and O–H groups in total. The number of benzene rings is 1. The first kappa shape index (κ1) is 21.2. The van der Waals surface area contributed by atoms with Gasteiger partial charge < -0.3 is 20.3 Å². The van der Waals surface area contributed by atoms with Crippen LogP contribution in [0.5, 0.6) is 5.88 Å². The van der Waals surface area contributed by atoms with Crippen molar-refractivity contribution in [2.75, 3.05) is 31.3 Å². The van der Waals surface area contributed by atoms with Gasteiger partial charge in [-0.2, -0.15) is 10.1 Å². The summed E-state index contributed by atoms with van der Waals surface area (Å²) in [5, 5.41) is 14.7. The summed E-state index contributed by atoms with van der Waals surface area (Å²) >= 11 is 0. The zero-order chi connectivity index (χ0) is 23.2. The number of carbonyl (C=O) groups is 1. The predicted octanol–water partition coefficient (Wildman–Crippen LogP) is 4.06. The summed E-state index contributed by atoms with van der Waals surface area (Å²) < 4.78 is 7.40. The van der Waals surface area contributed by atoms with E-state index in [9.17, 15) is 4.79 Å². The molecule has 1 aliphatic carbocycles. The fourth-order valence-corrected chi connectivity index (χ4v) is 5.16. The van der Waals surface area contributed by atoms with Crippen molar-refractivity contribution < 1.29 is 9.53 Å². The van der Waals surface area contributed by atoms with E-state index in [1.54, 1.807) is 24.7 Å². The van der Waals surface area contributed by atoms with Gasteiger partial charge in [0.1, 0.15) is 11.2 Å². The summed E-state index contributed by atoms with van der Waals surface area (Å²) in [6.07, 6.45) is 5.25. The maximum atomic E-state index is 12.1. The molecule has 10 nitrogen and oxygen atoms in total. The van der Waals surface area contributed by atoms with Gasteiger partial charge in [-0.05, 0) is 49.9 Å². The Morgan fingerprint density at radius 2 is 2.12 bits per heavy atom. The summed E-state index contributed by atoms with van der Waals surface area (Å²) in [4.78, 5) is 18.8. The van der Waals surface area contributed by atoms with E-state index in [4.69, 9.17) is 10.3 Å². The zero-order valence-electron chi connectivity index (χ0n) is 19.1. The number of fused-ring (bicyclic) bond motifs is 1. The van der Waals surface area contributed by atoms with Gasteiger partial charge in [-0.3, -0.25) is 4.79 Å². The number of nitrogens with zero attached hydrogens (tertiary/aromatic N) is 5. The number of hydrogen-bond acceptors (Lipinski definition) is 8. The third-order valence-corrected chi connectivity index (χ3v) is 6.80. The minimum atomic E-state index is -0.0808. The molecule has 0 spiro atoms. The zero-order valence-corrected chi connectivity index (χ0v) is 19.1. The Labute approximate surface area is 191 Å². The van der Waals surface area contributed by atoms with Crippen LogP contribution in [0.4, 0.5) is 17.3 Å². The normalized spacial score (nSPS) is 22.3. The van der Waals surface area contributed by atoms with Crippen molar-refractivity contribution in [3.8, 4) is 17.0 Å². The van der Waals surface area contributed by atoms with Gasteiger partial charge >= 0.3 is 0 Å². The molecule has 2 fully saturated rings. The number of ether oxygens (including phenoxy) is 1. The van der Waals surface area contributed by atoms with Crippen LogP contribution in [0.1, 0.15) is 32.6 Å². The molecule has 1 saturated heterocycles. The fraction of sp³-hybridized carbons (Fsp3) is 0.435. The van der Waals surface area contributed by atoms with Crippen LogP contribution in [0.3, 0.4) is 0 Å². The van der Waals surface area contributed by atoms with E-state index in [-0.39, 0.29) is 17.5 Å². The van der Waals surface area contributed by atoms with Crippen LogP contribution in [0.2, 0.25) is 0 Å².